The van der Waals surface area contributed by atoms with Gasteiger partial charge in [0.25, 0.3) is 0 Å². The van der Waals surface area contributed by atoms with Gasteiger partial charge in [-0.1, -0.05) is 136 Å². The molecule has 0 fully saturated rings. The van der Waals surface area contributed by atoms with Crippen molar-refractivity contribution in [3.05, 3.63) is 0 Å². The van der Waals surface area contributed by atoms with Gasteiger partial charge < -0.3 is 14.9 Å². The Hall–Kier alpha value is -0.260. The predicted octanol–water partition coefficient (Wildman–Crippen LogP) is 10.1. The van der Waals surface area contributed by atoms with Gasteiger partial charge in [0.2, 0.25) is 0 Å². The molecule has 5 heteroatoms. The van der Waals surface area contributed by atoms with Crippen LogP contribution in [0, 0.1) is 0 Å². The van der Waals surface area contributed by atoms with E-state index in [1.807, 2.05) is 0 Å². The predicted molar refractivity (Wildman–Crippen MR) is 152 cm³/mol. The van der Waals surface area contributed by atoms with Gasteiger partial charge >= 0.3 is 0 Å². The van der Waals surface area contributed by atoms with Crippen LogP contribution in [0.1, 0.15) is 155 Å². The lowest BCUT2D eigenvalue weighted by Crippen LogP contribution is -2.42. The number of aliphatic hydroxyl groups excluding tert-OH is 2. The Balaban J connectivity index is 4.10. The summed E-state index contributed by atoms with van der Waals surface area (Å²) in [7, 11) is 0. The molecule has 0 aromatic rings. The van der Waals surface area contributed by atoms with Crippen molar-refractivity contribution in [2.45, 2.75) is 161 Å². The van der Waals surface area contributed by atoms with Crippen LogP contribution in [0.4, 0.5) is 0 Å². The normalized spacial score (nSPS) is 13.2. The van der Waals surface area contributed by atoms with Gasteiger partial charge in [0.1, 0.15) is 5.60 Å². The number of unbranched alkanes of at least 4 members (excludes halogenated alkanes) is 18. The molecule has 0 radical (unpaired) electrons. The second-order valence-corrected chi connectivity index (χ2v) is 10.7. The lowest BCUT2D eigenvalue weighted by molar-refractivity contribution is -0.00804. The van der Waals surface area contributed by atoms with E-state index in [4.69, 9.17) is 29.2 Å². The molecular formula is C28H54O3S2. The third kappa shape index (κ3) is 19.7. The van der Waals surface area contributed by atoms with E-state index in [0.29, 0.717) is 13.0 Å². The molecular weight excluding hydrogens is 448 g/mol. The summed E-state index contributed by atoms with van der Waals surface area (Å²) in [6.07, 6.45) is 25.9. The number of ether oxygens (including phenoxy) is 1. The average molecular weight is 503 g/mol. The molecule has 0 bridgehead atoms. The summed E-state index contributed by atoms with van der Waals surface area (Å²) >= 11 is 10.1. The van der Waals surface area contributed by atoms with Gasteiger partial charge in [-0.2, -0.15) is 0 Å². The Kier molecular flexibility index (Phi) is 23.3. The third-order valence-electron chi connectivity index (χ3n) is 6.64. The molecule has 2 N–H and O–H groups in total. The monoisotopic (exact) mass is 502 g/mol. The van der Waals surface area contributed by atoms with E-state index in [1.54, 1.807) is 0 Å². The molecule has 33 heavy (non-hydrogen) atoms. The molecule has 0 aliphatic carbocycles. The lowest BCUT2D eigenvalue weighted by Gasteiger charge is -2.31. The number of thiocarbonyl (C=S) groups is 2. The highest BCUT2D eigenvalue weighted by Crippen LogP contribution is 2.27. The molecule has 1 unspecified atom stereocenters. The molecule has 1 atom stereocenters. The van der Waals surface area contributed by atoms with Crippen LogP contribution in [-0.4, -0.2) is 32.5 Å². The minimum Gasteiger partial charge on any atom is -0.502 e. The largest absolute Gasteiger partial charge is 0.502 e. The molecule has 0 rings (SSSR count). The maximum atomic E-state index is 10.3. The Labute approximate surface area is 216 Å². The molecule has 3 nitrogen and oxygen atoms in total. The van der Waals surface area contributed by atoms with Crippen LogP contribution < -0.4 is 0 Å². The Bertz CT molecular complexity index is 470. The first-order valence-corrected chi connectivity index (χ1v) is 14.9. The van der Waals surface area contributed by atoms with Gasteiger partial charge in [-0.15, -0.1) is 0 Å². The minimum atomic E-state index is -0.999. The number of aliphatic hydroxyl groups is 2. The molecule has 0 spiro atoms. The van der Waals surface area contributed by atoms with Gasteiger partial charge in [0.05, 0.1) is 6.42 Å². The molecule has 0 aromatic carbocycles. The maximum Gasteiger partial charge on any atom is 0.190 e. The van der Waals surface area contributed by atoms with Crippen molar-refractivity contribution in [1.29, 1.82) is 0 Å². The number of hydrogen-bond donors (Lipinski definition) is 2. The fraction of sp³-hybridized carbons (Fsp3) is 0.929. The standard InChI is InChI=1S/C28H54O3S2/c1-3-5-7-9-11-13-15-17-19-21-23-28(27(30)33,25-26(29)32)31-24-22-20-18-16-14-12-10-8-6-4-2/h3-25H2,1-2H3,(H,29,32)(H,30,33). The number of hydrogen-bond acceptors (Lipinski definition) is 3. The summed E-state index contributed by atoms with van der Waals surface area (Å²) in [5, 5.41) is 19.7. The molecule has 0 saturated heterocycles. The van der Waals surface area contributed by atoms with Crippen LogP contribution in [0.15, 0.2) is 0 Å². The summed E-state index contributed by atoms with van der Waals surface area (Å²) in [6, 6.07) is 0. The maximum absolute atomic E-state index is 10.3. The van der Waals surface area contributed by atoms with E-state index >= 15 is 0 Å². The van der Waals surface area contributed by atoms with Crippen molar-refractivity contribution in [3.63, 3.8) is 0 Å². The Morgan fingerprint density at radius 2 is 0.939 bits per heavy atom. The van der Waals surface area contributed by atoms with Gasteiger partial charge in [0.15, 0.2) is 10.1 Å². The summed E-state index contributed by atoms with van der Waals surface area (Å²) in [5.74, 6) is 0. The zero-order valence-corrected chi connectivity index (χ0v) is 23.5. The molecule has 0 aliphatic heterocycles. The van der Waals surface area contributed by atoms with Gasteiger partial charge in [0, 0.05) is 6.61 Å². The fourth-order valence-corrected chi connectivity index (χ4v) is 4.92. The minimum absolute atomic E-state index is 0.118. The zero-order valence-electron chi connectivity index (χ0n) is 21.9. The van der Waals surface area contributed by atoms with Crippen LogP contribution in [0.5, 0.6) is 0 Å². The second-order valence-electron chi connectivity index (χ2n) is 9.83. The highest BCUT2D eigenvalue weighted by Gasteiger charge is 2.37. The van der Waals surface area contributed by atoms with Crippen molar-refractivity contribution in [3.8, 4) is 0 Å². The van der Waals surface area contributed by atoms with Crippen molar-refractivity contribution in [1.82, 2.24) is 0 Å². The van der Waals surface area contributed by atoms with Crippen LogP contribution >= 0.6 is 24.4 Å². The van der Waals surface area contributed by atoms with Crippen molar-refractivity contribution in [2.24, 2.45) is 0 Å². The molecule has 0 saturated carbocycles. The lowest BCUT2D eigenvalue weighted by atomic mass is 9.92. The summed E-state index contributed by atoms with van der Waals surface area (Å²) in [4.78, 5) is 0. The summed E-state index contributed by atoms with van der Waals surface area (Å²) in [5.41, 5.74) is -0.999. The average Bonchev–Trinajstić information content (AvgIpc) is 2.78. The molecule has 0 aliphatic rings. The van der Waals surface area contributed by atoms with E-state index in [-0.39, 0.29) is 16.5 Å². The van der Waals surface area contributed by atoms with Gasteiger partial charge in [-0.25, -0.2) is 0 Å². The first-order chi connectivity index (χ1) is 16.0. The molecule has 0 amide bonds. The molecule has 0 aromatic heterocycles. The first kappa shape index (κ1) is 32.7. The Morgan fingerprint density at radius 1 is 0.576 bits per heavy atom. The molecule has 196 valence electrons. The van der Waals surface area contributed by atoms with E-state index in [0.717, 1.165) is 25.7 Å². The van der Waals surface area contributed by atoms with Crippen molar-refractivity contribution >= 4 is 34.5 Å². The van der Waals surface area contributed by atoms with Gasteiger partial charge in [-0.05, 0) is 37.3 Å². The van der Waals surface area contributed by atoms with E-state index in [1.165, 1.54) is 103 Å². The van der Waals surface area contributed by atoms with E-state index in [2.05, 4.69) is 13.8 Å². The highest BCUT2D eigenvalue weighted by molar-refractivity contribution is 7.80. The van der Waals surface area contributed by atoms with Crippen LogP contribution in [0.3, 0.4) is 0 Å². The summed E-state index contributed by atoms with van der Waals surface area (Å²) < 4.78 is 6.12. The zero-order chi connectivity index (χ0) is 24.6. The highest BCUT2D eigenvalue weighted by atomic mass is 32.1. The second kappa shape index (κ2) is 23.5. The fourth-order valence-electron chi connectivity index (χ4n) is 4.46. The topological polar surface area (TPSA) is 49.7 Å². The van der Waals surface area contributed by atoms with E-state index in [9.17, 15) is 10.2 Å². The van der Waals surface area contributed by atoms with Crippen LogP contribution in [-0.2, 0) is 4.74 Å². The van der Waals surface area contributed by atoms with Gasteiger partial charge in [-0.3, -0.25) is 0 Å². The first-order valence-electron chi connectivity index (χ1n) is 14.1. The summed E-state index contributed by atoms with van der Waals surface area (Å²) in [6.45, 7) is 5.06. The van der Waals surface area contributed by atoms with Crippen LogP contribution in [0.25, 0.3) is 0 Å². The number of rotatable bonds is 26. The smallest absolute Gasteiger partial charge is 0.190 e. The van der Waals surface area contributed by atoms with Crippen LogP contribution in [0.2, 0.25) is 0 Å². The Morgan fingerprint density at radius 3 is 1.30 bits per heavy atom. The SMILES string of the molecule is CCCCCCCCCCCCOC(CCCCCCCCCCCC)(CC(O)=S)C(O)=S. The van der Waals surface area contributed by atoms with Crippen molar-refractivity contribution < 1.29 is 14.9 Å². The quantitative estimate of drug-likeness (QED) is 0.0910. The van der Waals surface area contributed by atoms with E-state index < -0.39 is 5.60 Å². The third-order valence-corrected chi connectivity index (χ3v) is 7.15. The van der Waals surface area contributed by atoms with Crippen molar-refractivity contribution in [2.75, 3.05) is 6.61 Å². The molecule has 0 heterocycles.